The Balaban J connectivity index is 5.14. The molecule has 0 heterocycles. The van der Waals surface area contributed by atoms with Crippen molar-refractivity contribution in [3.63, 3.8) is 0 Å². The molecule has 1 N–H and O–H groups in total. The zero-order valence-corrected chi connectivity index (χ0v) is 15.4. The van der Waals surface area contributed by atoms with Crippen LogP contribution >= 0.6 is 7.82 Å². The van der Waals surface area contributed by atoms with Crippen LogP contribution in [-0.2, 0) is 18.4 Å². The Morgan fingerprint density at radius 2 is 1.57 bits per heavy atom. The van der Waals surface area contributed by atoms with Gasteiger partial charge in [-0.2, -0.15) is 0 Å². The number of Topliss-reactive ketones (excluding diaryl/α,β-unsaturated/α-hetero) is 1. The first kappa shape index (κ1) is 20.8. The van der Waals surface area contributed by atoms with E-state index in [1.54, 1.807) is 6.92 Å². The number of rotatable bonds is 9. The normalized spacial score (nSPS) is 18.3. The Hall–Kier alpha value is -0.220. The summed E-state index contributed by atoms with van der Waals surface area (Å²) in [5.74, 6) is -0.00290. The van der Waals surface area contributed by atoms with Crippen molar-refractivity contribution in [2.75, 3.05) is 0 Å². The van der Waals surface area contributed by atoms with E-state index in [4.69, 9.17) is 9.05 Å². The van der Waals surface area contributed by atoms with Gasteiger partial charge < -0.3 is 4.89 Å². The quantitative estimate of drug-likeness (QED) is 0.644. The van der Waals surface area contributed by atoms with Crippen molar-refractivity contribution < 1.29 is 23.3 Å². The molecule has 0 aliphatic rings. The Morgan fingerprint density at radius 3 is 1.86 bits per heavy atom. The molecule has 21 heavy (non-hydrogen) atoms. The van der Waals surface area contributed by atoms with Crippen LogP contribution in [0.5, 0.6) is 0 Å². The highest BCUT2D eigenvalue weighted by Gasteiger charge is 2.41. The van der Waals surface area contributed by atoms with Crippen molar-refractivity contribution in [2.24, 2.45) is 17.8 Å². The summed E-state index contributed by atoms with van der Waals surface area (Å²) >= 11 is 0. The largest absolute Gasteiger partial charge is 0.473 e. The van der Waals surface area contributed by atoms with Gasteiger partial charge in [0.2, 0.25) is 0 Å². The second-order valence-electron chi connectivity index (χ2n) is 6.96. The van der Waals surface area contributed by atoms with Crippen molar-refractivity contribution >= 4 is 13.6 Å². The van der Waals surface area contributed by atoms with Crippen LogP contribution in [0, 0.1) is 17.8 Å². The van der Waals surface area contributed by atoms with Gasteiger partial charge in [0.05, 0.1) is 11.7 Å². The van der Waals surface area contributed by atoms with E-state index >= 15 is 0 Å². The molecule has 0 saturated heterocycles. The summed E-state index contributed by atoms with van der Waals surface area (Å²) in [6.45, 7) is 14.5. The number of carbonyl (C=O) groups is 1. The third-order valence-corrected chi connectivity index (χ3v) is 4.87. The molecule has 0 spiro atoms. The molecule has 0 saturated carbocycles. The van der Waals surface area contributed by atoms with E-state index in [0.29, 0.717) is 0 Å². The molecular formula is C15H31O5P. The third kappa shape index (κ3) is 7.05. The average Bonchev–Trinajstić information content (AvgIpc) is 2.22. The number of ketones is 1. The molecule has 0 radical (unpaired) electrons. The molecule has 2 atom stereocenters. The summed E-state index contributed by atoms with van der Waals surface area (Å²) in [5.41, 5.74) is -1.02. The first-order valence-corrected chi connectivity index (χ1v) is 9.01. The minimum atomic E-state index is -4.24. The van der Waals surface area contributed by atoms with E-state index < -0.39 is 13.4 Å². The molecule has 0 bridgehead atoms. The summed E-state index contributed by atoms with van der Waals surface area (Å²) in [7, 11) is -4.24. The summed E-state index contributed by atoms with van der Waals surface area (Å²) in [4.78, 5) is 21.5. The van der Waals surface area contributed by atoms with E-state index in [2.05, 4.69) is 0 Å². The van der Waals surface area contributed by atoms with E-state index in [9.17, 15) is 14.3 Å². The molecule has 126 valence electrons. The molecule has 6 heteroatoms. The highest BCUT2D eigenvalue weighted by molar-refractivity contribution is 7.47. The maximum atomic E-state index is 12.3. The van der Waals surface area contributed by atoms with Gasteiger partial charge in [-0.25, -0.2) is 4.57 Å². The van der Waals surface area contributed by atoms with Gasteiger partial charge in [0.25, 0.3) is 0 Å². The smallest absolute Gasteiger partial charge is 0.302 e. The first-order valence-electron chi connectivity index (χ1n) is 7.52. The SMILES string of the molecule is CC(=O)CC(C)(OP(=O)(O)OC(C(C)C)C(C)C)C(C)C. The number of phosphoric acid groups is 1. The highest BCUT2D eigenvalue weighted by atomic mass is 31.2. The summed E-state index contributed by atoms with van der Waals surface area (Å²) in [6.07, 6.45) is -0.304. The molecule has 2 unspecified atom stereocenters. The van der Waals surface area contributed by atoms with Crippen molar-refractivity contribution in [1.82, 2.24) is 0 Å². The van der Waals surface area contributed by atoms with Crippen LogP contribution in [0.15, 0.2) is 0 Å². The van der Waals surface area contributed by atoms with E-state index in [1.165, 1.54) is 6.92 Å². The van der Waals surface area contributed by atoms with Gasteiger partial charge in [0, 0.05) is 6.42 Å². The van der Waals surface area contributed by atoms with Gasteiger partial charge in [0.1, 0.15) is 5.78 Å². The molecule has 0 aromatic heterocycles. The van der Waals surface area contributed by atoms with E-state index in [0.717, 1.165) is 0 Å². The Morgan fingerprint density at radius 1 is 1.14 bits per heavy atom. The lowest BCUT2D eigenvalue weighted by Gasteiger charge is -2.36. The molecule has 0 aliphatic carbocycles. The van der Waals surface area contributed by atoms with Crippen LogP contribution in [0.2, 0.25) is 0 Å². The minimum Gasteiger partial charge on any atom is -0.302 e. The number of hydrogen-bond acceptors (Lipinski definition) is 4. The molecule has 5 nitrogen and oxygen atoms in total. The molecule has 0 amide bonds. The lowest BCUT2D eigenvalue weighted by atomic mass is 9.88. The van der Waals surface area contributed by atoms with Crippen molar-refractivity contribution in [3.8, 4) is 0 Å². The van der Waals surface area contributed by atoms with Gasteiger partial charge in [-0.3, -0.25) is 13.8 Å². The first-order chi connectivity index (χ1) is 9.30. The zero-order chi connectivity index (χ0) is 17.0. The molecule has 0 fully saturated rings. The summed E-state index contributed by atoms with van der Waals surface area (Å²) in [6, 6.07) is 0. The predicted molar refractivity (Wildman–Crippen MR) is 84.0 cm³/mol. The standard InChI is InChI=1S/C15H31O5P/c1-10(2)14(11(3)4)19-21(17,18)20-15(8,12(5)6)9-13(7)16/h10-12,14H,9H2,1-8H3,(H,17,18). The molecule has 0 rings (SSSR count). The van der Waals surface area contributed by atoms with Crippen LogP contribution in [0.3, 0.4) is 0 Å². The third-order valence-electron chi connectivity index (χ3n) is 3.71. The van der Waals surface area contributed by atoms with E-state index in [1.807, 2.05) is 41.5 Å². The van der Waals surface area contributed by atoms with Crippen molar-refractivity contribution in [2.45, 2.75) is 73.5 Å². The predicted octanol–water partition coefficient (Wildman–Crippen LogP) is 4.19. The van der Waals surface area contributed by atoms with Crippen molar-refractivity contribution in [1.29, 1.82) is 0 Å². The number of carbonyl (C=O) groups excluding carboxylic acids is 1. The maximum absolute atomic E-state index is 12.3. The van der Waals surface area contributed by atoms with Crippen molar-refractivity contribution in [3.05, 3.63) is 0 Å². The van der Waals surface area contributed by atoms with Crippen LogP contribution in [0.25, 0.3) is 0 Å². The minimum absolute atomic E-state index is 0.0760. The lowest BCUT2D eigenvalue weighted by molar-refractivity contribution is -0.122. The lowest BCUT2D eigenvalue weighted by Crippen LogP contribution is -2.37. The fourth-order valence-corrected chi connectivity index (χ4v) is 3.93. The number of phosphoric ester groups is 1. The van der Waals surface area contributed by atoms with Crippen LogP contribution in [-0.4, -0.2) is 22.4 Å². The Labute approximate surface area is 129 Å². The average molecular weight is 322 g/mol. The highest BCUT2D eigenvalue weighted by Crippen LogP contribution is 2.52. The van der Waals surface area contributed by atoms with Gasteiger partial charge in [-0.05, 0) is 31.6 Å². The van der Waals surface area contributed by atoms with Crippen LogP contribution in [0.4, 0.5) is 0 Å². The Kier molecular flexibility index (Phi) is 7.78. The molecular weight excluding hydrogens is 291 g/mol. The van der Waals surface area contributed by atoms with Gasteiger partial charge in [-0.1, -0.05) is 41.5 Å². The fourth-order valence-electron chi connectivity index (χ4n) is 2.29. The number of hydrogen-bond donors (Lipinski definition) is 1. The second kappa shape index (κ2) is 7.87. The maximum Gasteiger partial charge on any atom is 0.473 e. The molecule has 0 aromatic carbocycles. The topological polar surface area (TPSA) is 72.8 Å². The van der Waals surface area contributed by atoms with Crippen LogP contribution < -0.4 is 0 Å². The van der Waals surface area contributed by atoms with Gasteiger partial charge in [-0.15, -0.1) is 0 Å². The van der Waals surface area contributed by atoms with Crippen LogP contribution in [0.1, 0.15) is 61.8 Å². The zero-order valence-electron chi connectivity index (χ0n) is 14.5. The van der Waals surface area contributed by atoms with Gasteiger partial charge in [0.15, 0.2) is 0 Å². The van der Waals surface area contributed by atoms with Gasteiger partial charge >= 0.3 is 7.82 Å². The molecule has 0 aliphatic heterocycles. The monoisotopic (exact) mass is 322 g/mol. The Bertz CT molecular complexity index is 384. The van der Waals surface area contributed by atoms with E-state index in [-0.39, 0.29) is 36.1 Å². The second-order valence-corrected chi connectivity index (χ2v) is 8.29. The summed E-state index contributed by atoms with van der Waals surface area (Å²) < 4.78 is 23.1. The fraction of sp³-hybridized carbons (Fsp3) is 0.933. The molecule has 0 aromatic rings. The summed E-state index contributed by atoms with van der Waals surface area (Å²) in [5, 5.41) is 0.